The Morgan fingerprint density at radius 2 is 1.54 bits per heavy atom. The van der Waals surface area contributed by atoms with Crippen LogP contribution < -0.4 is 10.6 Å². The van der Waals surface area contributed by atoms with Gasteiger partial charge in [-0.2, -0.15) is 4.98 Å². The number of rotatable bonds is 12. The first-order valence-corrected chi connectivity index (χ1v) is 10.9. The fourth-order valence-corrected chi connectivity index (χ4v) is 3.09. The second-order valence-electron chi connectivity index (χ2n) is 8.57. The van der Waals surface area contributed by atoms with Gasteiger partial charge in [-0.15, -0.1) is 0 Å². The lowest BCUT2D eigenvalue weighted by Gasteiger charge is -2.20. The van der Waals surface area contributed by atoms with Crippen LogP contribution in [-0.2, 0) is 11.8 Å². The molecule has 0 aliphatic carbocycles. The maximum Gasteiger partial charge on any atom is 0.224 e. The molecule has 4 nitrogen and oxygen atoms in total. The molecule has 2 aromatic rings. The van der Waals surface area contributed by atoms with Crippen molar-refractivity contribution < 1.29 is 0 Å². The first kappa shape index (κ1) is 22.2. The first-order valence-electron chi connectivity index (χ1n) is 10.9. The van der Waals surface area contributed by atoms with Crippen molar-refractivity contribution in [3.05, 3.63) is 47.7 Å². The summed E-state index contributed by atoms with van der Waals surface area (Å²) in [6.07, 6.45) is 8.74. The third-order valence-electron chi connectivity index (χ3n) is 4.87. The van der Waals surface area contributed by atoms with E-state index in [1.54, 1.807) is 0 Å². The van der Waals surface area contributed by atoms with Gasteiger partial charge in [0.1, 0.15) is 5.82 Å². The predicted molar refractivity (Wildman–Crippen MR) is 121 cm³/mol. The van der Waals surface area contributed by atoms with E-state index in [9.17, 15) is 0 Å². The normalized spacial score (nSPS) is 11.4. The highest BCUT2D eigenvalue weighted by molar-refractivity contribution is 5.44. The number of benzene rings is 1. The molecule has 28 heavy (non-hydrogen) atoms. The number of nitrogens with zero attached hydrogens (tertiary/aromatic N) is 2. The van der Waals surface area contributed by atoms with Gasteiger partial charge in [-0.25, -0.2) is 4.98 Å². The average Bonchev–Trinajstić information content (AvgIpc) is 2.67. The van der Waals surface area contributed by atoms with Crippen LogP contribution in [0.15, 0.2) is 36.4 Å². The Balaban J connectivity index is 1.90. The summed E-state index contributed by atoms with van der Waals surface area (Å²) >= 11 is 0. The minimum atomic E-state index is -0.00458. The number of nitrogens with one attached hydrogen (secondary N) is 2. The molecule has 0 fully saturated rings. The molecule has 0 radical (unpaired) electrons. The lowest BCUT2D eigenvalue weighted by molar-refractivity contribution is 0.567. The van der Waals surface area contributed by atoms with E-state index in [1.165, 1.54) is 44.1 Å². The Hall–Kier alpha value is -2.10. The molecular weight excluding hydrogens is 344 g/mol. The Labute approximate surface area is 171 Å². The van der Waals surface area contributed by atoms with Gasteiger partial charge in [0.05, 0.1) is 5.69 Å². The summed E-state index contributed by atoms with van der Waals surface area (Å²) in [5.74, 6) is 1.64. The van der Waals surface area contributed by atoms with Crippen LogP contribution >= 0.6 is 0 Å². The molecule has 0 amide bonds. The number of hydrogen-bond acceptors (Lipinski definition) is 4. The second-order valence-corrected chi connectivity index (χ2v) is 8.57. The predicted octanol–water partition coefficient (Wildman–Crippen LogP) is 6.20. The van der Waals surface area contributed by atoms with Gasteiger partial charge in [-0.05, 0) is 18.4 Å². The van der Waals surface area contributed by atoms with Gasteiger partial charge in [-0.1, -0.05) is 90.1 Å². The zero-order valence-electron chi connectivity index (χ0n) is 18.2. The van der Waals surface area contributed by atoms with Crippen molar-refractivity contribution in [2.75, 3.05) is 23.7 Å². The zero-order chi connectivity index (χ0) is 20.2. The third-order valence-corrected chi connectivity index (χ3v) is 4.87. The maximum atomic E-state index is 4.76. The van der Waals surface area contributed by atoms with E-state index in [1.807, 2.05) is 0 Å². The van der Waals surface area contributed by atoms with Crippen LogP contribution in [0.25, 0.3) is 0 Å². The summed E-state index contributed by atoms with van der Waals surface area (Å²) in [6.45, 7) is 10.6. The largest absolute Gasteiger partial charge is 0.370 e. The van der Waals surface area contributed by atoms with Crippen LogP contribution in [0.4, 0.5) is 11.8 Å². The Kier molecular flexibility index (Phi) is 9.26. The van der Waals surface area contributed by atoms with Crippen LogP contribution in [-0.4, -0.2) is 23.1 Å². The lowest BCUT2D eigenvalue weighted by atomic mass is 9.92. The minimum Gasteiger partial charge on any atom is -0.370 e. The summed E-state index contributed by atoms with van der Waals surface area (Å²) in [7, 11) is 0. The molecule has 2 N–H and O–H groups in total. The van der Waals surface area contributed by atoms with E-state index < -0.39 is 0 Å². The van der Waals surface area contributed by atoms with Gasteiger partial charge in [0.2, 0.25) is 5.95 Å². The van der Waals surface area contributed by atoms with E-state index >= 15 is 0 Å². The van der Waals surface area contributed by atoms with E-state index in [-0.39, 0.29) is 5.41 Å². The molecule has 2 rings (SSSR count). The van der Waals surface area contributed by atoms with E-state index in [0.717, 1.165) is 37.0 Å². The van der Waals surface area contributed by atoms with Gasteiger partial charge in [0.15, 0.2) is 0 Å². The molecule has 0 saturated heterocycles. The Morgan fingerprint density at radius 1 is 0.821 bits per heavy atom. The highest BCUT2D eigenvalue weighted by Gasteiger charge is 2.18. The molecular formula is C24H38N4. The van der Waals surface area contributed by atoms with E-state index in [0.29, 0.717) is 0 Å². The topological polar surface area (TPSA) is 49.8 Å². The van der Waals surface area contributed by atoms with Crippen molar-refractivity contribution >= 4 is 11.8 Å². The van der Waals surface area contributed by atoms with Gasteiger partial charge >= 0.3 is 0 Å². The fourth-order valence-electron chi connectivity index (χ4n) is 3.09. The van der Waals surface area contributed by atoms with Crippen molar-refractivity contribution in [3.63, 3.8) is 0 Å². The van der Waals surface area contributed by atoms with Crippen molar-refractivity contribution in [1.82, 2.24) is 9.97 Å². The van der Waals surface area contributed by atoms with Gasteiger partial charge < -0.3 is 10.6 Å². The number of aromatic nitrogens is 2. The van der Waals surface area contributed by atoms with Crippen molar-refractivity contribution in [2.24, 2.45) is 0 Å². The Bertz CT molecular complexity index is 677. The molecule has 4 heteroatoms. The molecule has 0 saturated carbocycles. The molecule has 1 aromatic carbocycles. The number of hydrogen-bond donors (Lipinski definition) is 2. The summed E-state index contributed by atoms with van der Waals surface area (Å²) in [6, 6.07) is 12.6. The maximum absolute atomic E-state index is 4.76. The molecule has 154 valence electrons. The molecule has 0 spiro atoms. The van der Waals surface area contributed by atoms with E-state index in [4.69, 9.17) is 9.97 Å². The standard InChI is InChI=1S/C24H38N4/c1-5-6-7-8-9-13-17-26-23-27-21(24(2,3)4)19-22(28-23)25-18-16-20-14-11-10-12-15-20/h10-12,14-15,19H,5-9,13,16-18H2,1-4H3,(H2,25,26,27,28). The van der Waals surface area contributed by atoms with E-state index in [2.05, 4.69) is 74.7 Å². The number of anilines is 2. The summed E-state index contributed by atoms with van der Waals surface area (Å²) in [5.41, 5.74) is 2.40. The van der Waals surface area contributed by atoms with Gasteiger partial charge in [-0.3, -0.25) is 0 Å². The van der Waals surface area contributed by atoms with Crippen molar-refractivity contribution in [3.8, 4) is 0 Å². The summed E-state index contributed by atoms with van der Waals surface area (Å²) < 4.78 is 0. The van der Waals surface area contributed by atoms with Crippen LogP contribution in [0.1, 0.15) is 77.5 Å². The minimum absolute atomic E-state index is 0.00458. The summed E-state index contributed by atoms with van der Waals surface area (Å²) in [5, 5.41) is 6.91. The molecule has 0 bridgehead atoms. The molecule has 0 aliphatic heterocycles. The van der Waals surface area contributed by atoms with Crippen molar-refractivity contribution in [2.45, 2.75) is 78.1 Å². The lowest BCUT2D eigenvalue weighted by Crippen LogP contribution is -2.18. The monoisotopic (exact) mass is 382 g/mol. The van der Waals surface area contributed by atoms with Crippen molar-refractivity contribution in [1.29, 1.82) is 0 Å². The molecule has 0 unspecified atom stereocenters. The Morgan fingerprint density at radius 3 is 2.25 bits per heavy atom. The molecule has 1 aromatic heterocycles. The first-order chi connectivity index (χ1) is 13.5. The molecule has 0 atom stereocenters. The van der Waals surface area contributed by atoms with Gasteiger partial charge in [0, 0.05) is 24.6 Å². The fraction of sp³-hybridized carbons (Fsp3) is 0.583. The molecule has 0 aliphatic rings. The van der Waals surface area contributed by atoms with Crippen LogP contribution in [0.3, 0.4) is 0 Å². The highest BCUT2D eigenvalue weighted by atomic mass is 15.1. The zero-order valence-corrected chi connectivity index (χ0v) is 18.2. The second kappa shape index (κ2) is 11.7. The SMILES string of the molecule is CCCCCCCCNc1nc(NCCc2ccccc2)cc(C(C)(C)C)n1. The van der Waals surface area contributed by atoms with Crippen LogP contribution in [0.5, 0.6) is 0 Å². The molecule has 1 heterocycles. The van der Waals surface area contributed by atoms with Crippen LogP contribution in [0, 0.1) is 0 Å². The smallest absolute Gasteiger partial charge is 0.224 e. The highest BCUT2D eigenvalue weighted by Crippen LogP contribution is 2.23. The van der Waals surface area contributed by atoms with Crippen LogP contribution in [0.2, 0.25) is 0 Å². The number of unbranched alkanes of at least 4 members (excludes halogenated alkanes) is 5. The quantitative estimate of drug-likeness (QED) is 0.429. The average molecular weight is 383 g/mol. The van der Waals surface area contributed by atoms with Gasteiger partial charge in [0.25, 0.3) is 0 Å². The third kappa shape index (κ3) is 8.28. The summed E-state index contributed by atoms with van der Waals surface area (Å²) in [4.78, 5) is 9.45.